The summed E-state index contributed by atoms with van der Waals surface area (Å²) in [4.78, 5) is 18.0. The zero-order valence-corrected chi connectivity index (χ0v) is 12.3. The van der Waals surface area contributed by atoms with Crippen molar-refractivity contribution in [2.75, 3.05) is 31.6 Å². The fourth-order valence-electron chi connectivity index (χ4n) is 2.64. The Morgan fingerprint density at radius 1 is 1.43 bits per heavy atom. The Hall–Kier alpha value is -1.66. The number of rotatable bonds is 7. The molecule has 0 aliphatic carbocycles. The van der Waals surface area contributed by atoms with E-state index in [1.165, 1.54) is 6.42 Å². The quantitative estimate of drug-likeness (QED) is 0.665. The normalized spacial score (nSPS) is 18.6. The van der Waals surface area contributed by atoms with Crippen LogP contribution in [0, 0.1) is 0 Å². The summed E-state index contributed by atoms with van der Waals surface area (Å²) in [6.45, 7) is 2.98. The van der Waals surface area contributed by atoms with Crippen LogP contribution in [0.3, 0.4) is 0 Å². The first-order valence-electron chi connectivity index (χ1n) is 7.60. The highest BCUT2D eigenvalue weighted by molar-refractivity contribution is 5.88. The van der Waals surface area contributed by atoms with Gasteiger partial charge in [0.25, 0.3) is 0 Å². The molecule has 1 atom stereocenters. The van der Waals surface area contributed by atoms with Crippen LogP contribution in [0.5, 0.6) is 0 Å². The van der Waals surface area contributed by atoms with Crippen molar-refractivity contribution in [3.63, 3.8) is 0 Å². The zero-order chi connectivity index (χ0) is 14.9. The molecule has 3 N–H and O–H groups in total. The predicted octanol–water partition coefficient (Wildman–Crippen LogP) is 1.44. The number of carbonyl (C=O) groups is 1. The molecule has 1 aromatic rings. The number of hydrogen-bond donors (Lipinski definition) is 3. The van der Waals surface area contributed by atoms with Crippen LogP contribution in [-0.4, -0.2) is 53.3 Å². The van der Waals surface area contributed by atoms with Crippen LogP contribution >= 0.6 is 0 Å². The van der Waals surface area contributed by atoms with Crippen molar-refractivity contribution in [1.29, 1.82) is 0 Å². The Balaban J connectivity index is 1.54. The van der Waals surface area contributed by atoms with E-state index in [1.807, 2.05) is 6.07 Å². The van der Waals surface area contributed by atoms with Gasteiger partial charge < -0.3 is 10.4 Å². The van der Waals surface area contributed by atoms with Gasteiger partial charge in [-0.1, -0.05) is 6.07 Å². The molecule has 1 saturated heterocycles. The van der Waals surface area contributed by atoms with Crippen molar-refractivity contribution in [3.05, 3.63) is 24.4 Å². The molecular formula is C15H24N4O2. The van der Waals surface area contributed by atoms with Crippen molar-refractivity contribution >= 4 is 11.8 Å². The van der Waals surface area contributed by atoms with Gasteiger partial charge in [0, 0.05) is 18.8 Å². The van der Waals surface area contributed by atoms with Crippen LogP contribution < -0.4 is 10.6 Å². The van der Waals surface area contributed by atoms with Gasteiger partial charge in [0.2, 0.25) is 0 Å². The highest BCUT2D eigenvalue weighted by Crippen LogP contribution is 2.16. The fraction of sp³-hybridized carbons (Fsp3) is 0.600. The SMILES string of the molecule is O=C(NCCCCN1CCCC1CO)Nc1ccccn1. The third kappa shape index (κ3) is 5.32. The monoisotopic (exact) mass is 292 g/mol. The molecule has 1 aliphatic rings. The summed E-state index contributed by atoms with van der Waals surface area (Å²) < 4.78 is 0. The average molecular weight is 292 g/mol. The minimum atomic E-state index is -0.219. The minimum Gasteiger partial charge on any atom is -0.395 e. The van der Waals surface area contributed by atoms with E-state index in [1.54, 1.807) is 18.3 Å². The number of aliphatic hydroxyl groups is 1. The standard InChI is InChI=1S/C15H24N4O2/c20-12-13-6-5-11-19(13)10-4-3-9-17-15(21)18-14-7-1-2-8-16-14/h1-2,7-8,13,20H,3-6,9-12H2,(H2,16,17,18,21). The second kappa shape index (κ2) is 8.59. The van der Waals surface area contributed by atoms with Gasteiger partial charge in [0.15, 0.2) is 0 Å². The molecule has 116 valence electrons. The maximum atomic E-state index is 11.6. The van der Waals surface area contributed by atoms with E-state index in [0.29, 0.717) is 18.4 Å². The van der Waals surface area contributed by atoms with Crippen LogP contribution in [-0.2, 0) is 0 Å². The van der Waals surface area contributed by atoms with Gasteiger partial charge in [-0.05, 0) is 50.9 Å². The topological polar surface area (TPSA) is 77.5 Å². The molecule has 1 aliphatic heterocycles. The smallest absolute Gasteiger partial charge is 0.320 e. The van der Waals surface area contributed by atoms with Crippen molar-refractivity contribution in [2.24, 2.45) is 0 Å². The number of amides is 2. The maximum Gasteiger partial charge on any atom is 0.320 e. The van der Waals surface area contributed by atoms with Gasteiger partial charge in [0.05, 0.1) is 6.61 Å². The molecule has 2 rings (SSSR count). The van der Waals surface area contributed by atoms with E-state index in [9.17, 15) is 9.90 Å². The molecule has 2 heterocycles. The second-order valence-electron chi connectivity index (χ2n) is 5.32. The van der Waals surface area contributed by atoms with Gasteiger partial charge >= 0.3 is 6.03 Å². The first-order chi connectivity index (χ1) is 10.3. The van der Waals surface area contributed by atoms with Crippen LogP contribution in [0.1, 0.15) is 25.7 Å². The van der Waals surface area contributed by atoms with Crippen molar-refractivity contribution < 1.29 is 9.90 Å². The Bertz CT molecular complexity index is 427. The van der Waals surface area contributed by atoms with E-state index in [-0.39, 0.29) is 12.6 Å². The zero-order valence-electron chi connectivity index (χ0n) is 12.3. The molecule has 0 saturated carbocycles. The minimum absolute atomic E-state index is 0.219. The first kappa shape index (κ1) is 15.7. The van der Waals surface area contributed by atoms with Crippen LogP contribution in [0.4, 0.5) is 10.6 Å². The molecule has 0 spiro atoms. The van der Waals surface area contributed by atoms with Crippen LogP contribution in [0.25, 0.3) is 0 Å². The molecule has 1 unspecified atom stereocenters. The maximum absolute atomic E-state index is 11.6. The van der Waals surface area contributed by atoms with Gasteiger partial charge in [-0.25, -0.2) is 9.78 Å². The van der Waals surface area contributed by atoms with Crippen LogP contribution in [0.15, 0.2) is 24.4 Å². The lowest BCUT2D eigenvalue weighted by Gasteiger charge is -2.22. The summed E-state index contributed by atoms with van der Waals surface area (Å²) in [5.41, 5.74) is 0. The fourth-order valence-corrected chi connectivity index (χ4v) is 2.64. The summed E-state index contributed by atoms with van der Waals surface area (Å²) in [5.74, 6) is 0.554. The van der Waals surface area contributed by atoms with E-state index in [4.69, 9.17) is 0 Å². The highest BCUT2D eigenvalue weighted by atomic mass is 16.3. The number of nitrogens with zero attached hydrogens (tertiary/aromatic N) is 2. The summed E-state index contributed by atoms with van der Waals surface area (Å²) in [6, 6.07) is 5.51. The lowest BCUT2D eigenvalue weighted by molar-refractivity contribution is 0.157. The Kier molecular flexibility index (Phi) is 6.43. The molecule has 1 aromatic heterocycles. The number of aliphatic hydroxyl groups excluding tert-OH is 1. The van der Waals surface area contributed by atoms with Gasteiger partial charge in [-0.3, -0.25) is 10.2 Å². The molecule has 0 aromatic carbocycles. The van der Waals surface area contributed by atoms with E-state index in [0.717, 1.165) is 32.4 Å². The first-order valence-corrected chi connectivity index (χ1v) is 7.60. The molecule has 1 fully saturated rings. The van der Waals surface area contributed by atoms with Gasteiger partial charge in [0.1, 0.15) is 5.82 Å². The number of urea groups is 1. The second-order valence-corrected chi connectivity index (χ2v) is 5.32. The number of likely N-dealkylation sites (tertiary alicyclic amines) is 1. The van der Waals surface area contributed by atoms with Gasteiger partial charge in [-0.15, -0.1) is 0 Å². The molecule has 0 radical (unpaired) electrons. The number of anilines is 1. The molecule has 2 amide bonds. The Morgan fingerprint density at radius 3 is 3.10 bits per heavy atom. The molecule has 6 nitrogen and oxygen atoms in total. The number of aromatic nitrogens is 1. The molecular weight excluding hydrogens is 268 g/mol. The third-order valence-corrected chi connectivity index (χ3v) is 3.77. The Morgan fingerprint density at radius 2 is 2.33 bits per heavy atom. The number of nitrogens with one attached hydrogen (secondary N) is 2. The van der Waals surface area contributed by atoms with Crippen molar-refractivity contribution in [2.45, 2.75) is 31.7 Å². The number of unbranched alkanes of at least 4 members (excludes halogenated alkanes) is 1. The highest BCUT2D eigenvalue weighted by Gasteiger charge is 2.22. The summed E-state index contributed by atoms with van der Waals surface area (Å²) >= 11 is 0. The van der Waals surface area contributed by atoms with E-state index < -0.39 is 0 Å². The summed E-state index contributed by atoms with van der Waals surface area (Å²) in [6.07, 6.45) is 5.88. The largest absolute Gasteiger partial charge is 0.395 e. The molecule has 21 heavy (non-hydrogen) atoms. The van der Waals surface area contributed by atoms with E-state index in [2.05, 4.69) is 20.5 Å². The lowest BCUT2D eigenvalue weighted by atomic mass is 10.2. The number of pyridine rings is 1. The molecule has 6 heteroatoms. The Labute approximate surface area is 125 Å². The average Bonchev–Trinajstić information content (AvgIpc) is 2.95. The number of carbonyl (C=O) groups excluding carboxylic acids is 1. The lowest BCUT2D eigenvalue weighted by Crippen LogP contribution is -2.34. The molecule has 0 bridgehead atoms. The third-order valence-electron chi connectivity index (χ3n) is 3.77. The van der Waals surface area contributed by atoms with E-state index >= 15 is 0 Å². The number of hydrogen-bond acceptors (Lipinski definition) is 4. The van der Waals surface area contributed by atoms with Crippen LogP contribution in [0.2, 0.25) is 0 Å². The summed E-state index contributed by atoms with van der Waals surface area (Å²) in [7, 11) is 0. The summed E-state index contributed by atoms with van der Waals surface area (Å²) in [5, 5.41) is 14.7. The van der Waals surface area contributed by atoms with Crippen molar-refractivity contribution in [1.82, 2.24) is 15.2 Å². The van der Waals surface area contributed by atoms with Gasteiger partial charge in [-0.2, -0.15) is 0 Å². The predicted molar refractivity (Wildman–Crippen MR) is 82.2 cm³/mol. The van der Waals surface area contributed by atoms with Crippen molar-refractivity contribution in [3.8, 4) is 0 Å².